The number of nitrogens with zero attached hydrogens (tertiary/aromatic N) is 4. The smallest absolute Gasteiger partial charge is 0.280 e. The third-order valence-electron chi connectivity index (χ3n) is 4.18. The maximum Gasteiger partial charge on any atom is 0.280 e. The third-order valence-corrected chi connectivity index (χ3v) is 4.18. The molecular weight excluding hydrogens is 328 g/mol. The first-order valence-corrected chi connectivity index (χ1v) is 8.44. The lowest BCUT2D eigenvalue weighted by Gasteiger charge is -2.13. The lowest BCUT2D eigenvalue weighted by atomic mass is 10.1. The SMILES string of the molecule is O=C(COc1cccc(-n2ccnc2)c1)N1CCC(c2ccccc2)=N1. The lowest BCUT2D eigenvalue weighted by Crippen LogP contribution is -2.28. The van der Waals surface area contributed by atoms with Crippen LogP contribution in [0.25, 0.3) is 5.69 Å². The van der Waals surface area contributed by atoms with Gasteiger partial charge in [0.1, 0.15) is 5.75 Å². The van der Waals surface area contributed by atoms with Gasteiger partial charge < -0.3 is 9.30 Å². The van der Waals surface area contributed by atoms with Crippen LogP contribution in [0.1, 0.15) is 12.0 Å². The van der Waals surface area contributed by atoms with E-state index in [1.54, 1.807) is 12.5 Å². The van der Waals surface area contributed by atoms with E-state index in [1.807, 2.05) is 65.4 Å². The number of imidazole rings is 1. The summed E-state index contributed by atoms with van der Waals surface area (Å²) in [6, 6.07) is 17.5. The van der Waals surface area contributed by atoms with Crippen molar-refractivity contribution in [2.75, 3.05) is 13.2 Å². The van der Waals surface area contributed by atoms with Gasteiger partial charge >= 0.3 is 0 Å². The van der Waals surface area contributed by atoms with E-state index >= 15 is 0 Å². The number of carbonyl (C=O) groups excluding carboxylic acids is 1. The number of amides is 1. The summed E-state index contributed by atoms with van der Waals surface area (Å²) < 4.78 is 7.55. The number of hydrogen-bond acceptors (Lipinski definition) is 4. The summed E-state index contributed by atoms with van der Waals surface area (Å²) in [6.07, 6.45) is 6.04. The minimum atomic E-state index is -0.149. The minimum Gasteiger partial charge on any atom is -0.484 e. The predicted octanol–water partition coefficient (Wildman–Crippen LogP) is 2.89. The average molecular weight is 346 g/mol. The number of hydrogen-bond donors (Lipinski definition) is 0. The molecule has 26 heavy (non-hydrogen) atoms. The molecule has 1 aromatic heterocycles. The fraction of sp³-hybridized carbons (Fsp3) is 0.150. The zero-order chi connectivity index (χ0) is 17.8. The van der Waals surface area contributed by atoms with Gasteiger partial charge in [-0.3, -0.25) is 4.79 Å². The minimum absolute atomic E-state index is 0.0427. The van der Waals surface area contributed by atoms with Crippen molar-refractivity contribution in [2.24, 2.45) is 5.10 Å². The summed E-state index contributed by atoms with van der Waals surface area (Å²) in [6.45, 7) is 0.542. The number of hydrazone groups is 1. The van der Waals surface area contributed by atoms with Gasteiger partial charge in [-0.15, -0.1) is 0 Å². The Hall–Kier alpha value is -3.41. The van der Waals surface area contributed by atoms with Crippen molar-refractivity contribution >= 4 is 11.6 Å². The molecule has 2 heterocycles. The van der Waals surface area contributed by atoms with Gasteiger partial charge in [0.15, 0.2) is 6.61 Å². The van der Waals surface area contributed by atoms with Crippen LogP contribution in [0.3, 0.4) is 0 Å². The van der Waals surface area contributed by atoms with E-state index in [2.05, 4.69) is 10.1 Å². The quantitative estimate of drug-likeness (QED) is 0.714. The second-order valence-corrected chi connectivity index (χ2v) is 5.94. The van der Waals surface area contributed by atoms with E-state index in [4.69, 9.17) is 4.74 Å². The van der Waals surface area contributed by atoms with E-state index in [0.29, 0.717) is 12.3 Å². The van der Waals surface area contributed by atoms with Crippen molar-refractivity contribution in [1.82, 2.24) is 14.6 Å². The van der Waals surface area contributed by atoms with Gasteiger partial charge in [0.25, 0.3) is 5.91 Å². The van der Waals surface area contributed by atoms with Crippen molar-refractivity contribution in [3.63, 3.8) is 0 Å². The topological polar surface area (TPSA) is 59.7 Å². The van der Waals surface area contributed by atoms with Crippen molar-refractivity contribution in [3.8, 4) is 11.4 Å². The van der Waals surface area contributed by atoms with Crippen LogP contribution in [-0.4, -0.2) is 39.3 Å². The van der Waals surface area contributed by atoms with Crippen LogP contribution >= 0.6 is 0 Å². The molecular formula is C20H18N4O2. The van der Waals surface area contributed by atoms with Gasteiger partial charge in [-0.25, -0.2) is 9.99 Å². The first kappa shape index (κ1) is 16.1. The van der Waals surface area contributed by atoms with Crippen LogP contribution in [0.15, 0.2) is 78.4 Å². The molecule has 6 heteroatoms. The fourth-order valence-electron chi connectivity index (χ4n) is 2.84. The molecule has 4 rings (SSSR count). The number of benzene rings is 2. The van der Waals surface area contributed by atoms with E-state index < -0.39 is 0 Å². The summed E-state index contributed by atoms with van der Waals surface area (Å²) in [4.78, 5) is 16.4. The second-order valence-electron chi connectivity index (χ2n) is 5.94. The molecule has 0 spiro atoms. The molecule has 1 aliphatic rings. The summed E-state index contributed by atoms with van der Waals surface area (Å²) in [5.41, 5.74) is 2.91. The summed E-state index contributed by atoms with van der Waals surface area (Å²) >= 11 is 0. The molecule has 1 aliphatic heterocycles. The Balaban J connectivity index is 1.39. The highest BCUT2D eigenvalue weighted by atomic mass is 16.5. The Morgan fingerprint density at radius 2 is 2.00 bits per heavy atom. The zero-order valence-electron chi connectivity index (χ0n) is 14.2. The molecule has 2 aromatic carbocycles. The fourth-order valence-corrected chi connectivity index (χ4v) is 2.84. The molecule has 130 valence electrons. The molecule has 0 N–H and O–H groups in total. The third kappa shape index (κ3) is 3.49. The Bertz CT molecular complexity index is 920. The van der Waals surface area contributed by atoms with Crippen LogP contribution in [0, 0.1) is 0 Å². The molecule has 0 saturated heterocycles. The van der Waals surface area contributed by atoms with Crippen LogP contribution in [0.2, 0.25) is 0 Å². The summed E-state index contributed by atoms with van der Waals surface area (Å²) in [5, 5.41) is 5.92. The molecule has 0 atom stereocenters. The second kappa shape index (κ2) is 7.23. The highest BCUT2D eigenvalue weighted by Crippen LogP contribution is 2.18. The lowest BCUT2D eigenvalue weighted by molar-refractivity contribution is -0.132. The van der Waals surface area contributed by atoms with Crippen LogP contribution in [0.4, 0.5) is 0 Å². The van der Waals surface area contributed by atoms with E-state index in [0.717, 1.165) is 23.4 Å². The van der Waals surface area contributed by atoms with Crippen LogP contribution < -0.4 is 4.74 Å². The van der Waals surface area contributed by atoms with Crippen molar-refractivity contribution in [1.29, 1.82) is 0 Å². The molecule has 6 nitrogen and oxygen atoms in total. The number of carbonyl (C=O) groups is 1. The van der Waals surface area contributed by atoms with Gasteiger partial charge in [0.05, 0.1) is 24.3 Å². The van der Waals surface area contributed by atoms with Gasteiger partial charge in [-0.1, -0.05) is 36.4 Å². The van der Waals surface area contributed by atoms with E-state index in [1.165, 1.54) is 5.01 Å². The van der Waals surface area contributed by atoms with Crippen molar-refractivity contribution in [3.05, 3.63) is 78.9 Å². The summed E-state index contributed by atoms with van der Waals surface area (Å²) in [7, 11) is 0. The van der Waals surface area contributed by atoms with Gasteiger partial charge in [-0.05, 0) is 17.7 Å². The average Bonchev–Trinajstić information content (AvgIpc) is 3.39. The standard InChI is InChI=1S/C20H18N4O2/c25-20(24-11-9-19(22-24)16-5-2-1-3-6-16)14-26-18-8-4-7-17(13-18)23-12-10-21-15-23/h1-8,10,12-13,15H,9,11,14H2. The molecule has 0 bridgehead atoms. The first-order chi connectivity index (χ1) is 12.8. The normalized spacial score (nSPS) is 13.5. The van der Waals surface area contributed by atoms with Gasteiger partial charge in [-0.2, -0.15) is 5.10 Å². The van der Waals surface area contributed by atoms with E-state index in [9.17, 15) is 4.79 Å². The molecule has 0 saturated carbocycles. The molecule has 3 aromatic rings. The monoisotopic (exact) mass is 346 g/mol. The molecule has 0 radical (unpaired) electrons. The molecule has 0 unspecified atom stereocenters. The van der Waals surface area contributed by atoms with Gasteiger partial charge in [0.2, 0.25) is 0 Å². The predicted molar refractivity (Wildman–Crippen MR) is 98.4 cm³/mol. The Morgan fingerprint density at radius 1 is 1.12 bits per heavy atom. The maximum atomic E-state index is 12.4. The van der Waals surface area contributed by atoms with Crippen molar-refractivity contribution in [2.45, 2.75) is 6.42 Å². The van der Waals surface area contributed by atoms with Gasteiger partial charge in [0, 0.05) is 24.9 Å². The van der Waals surface area contributed by atoms with E-state index in [-0.39, 0.29) is 12.5 Å². The zero-order valence-corrected chi connectivity index (χ0v) is 14.2. The number of ether oxygens (including phenoxy) is 1. The Morgan fingerprint density at radius 3 is 2.81 bits per heavy atom. The highest BCUT2D eigenvalue weighted by Gasteiger charge is 2.21. The highest BCUT2D eigenvalue weighted by molar-refractivity contribution is 6.02. The number of aromatic nitrogens is 2. The summed E-state index contributed by atoms with van der Waals surface area (Å²) in [5.74, 6) is 0.486. The first-order valence-electron chi connectivity index (χ1n) is 8.44. The molecule has 0 fully saturated rings. The Kier molecular flexibility index (Phi) is 4.47. The van der Waals surface area contributed by atoms with Crippen LogP contribution in [0.5, 0.6) is 5.75 Å². The number of rotatable bonds is 5. The largest absolute Gasteiger partial charge is 0.484 e. The van der Waals surface area contributed by atoms with Crippen LogP contribution in [-0.2, 0) is 4.79 Å². The Labute approximate surface area is 151 Å². The van der Waals surface area contributed by atoms with Crippen molar-refractivity contribution < 1.29 is 9.53 Å². The maximum absolute atomic E-state index is 12.4. The molecule has 1 amide bonds. The molecule has 0 aliphatic carbocycles.